The van der Waals surface area contributed by atoms with Gasteiger partial charge in [0.25, 0.3) is 5.69 Å². The number of carbonyl (C=O) groups is 1. The van der Waals surface area contributed by atoms with Gasteiger partial charge in [0, 0.05) is 29.6 Å². The van der Waals surface area contributed by atoms with E-state index < -0.39 is 15.9 Å². The number of hydrogen-bond acceptors (Lipinski definition) is 6. The zero-order chi connectivity index (χ0) is 19.7. The highest BCUT2D eigenvalue weighted by Gasteiger charge is 2.26. The van der Waals surface area contributed by atoms with Gasteiger partial charge in [0.1, 0.15) is 5.69 Å². The molecule has 10 nitrogen and oxygen atoms in total. The molecule has 1 heterocycles. The predicted octanol–water partition coefficient (Wildman–Crippen LogP) is 4.20. The maximum atomic E-state index is 11.8. The standard InChI is InChI=1S/C17H16N4O6/c1-3-19-13-7-5-10(20(23)24)9-11(13)15-14(19)8-6-12(16(15)21(25)26)18-17(22)27-4-2/h5-9H,3-4H2,1-2H3,(H,18,22). The van der Waals surface area contributed by atoms with Crippen LogP contribution in [0.3, 0.4) is 0 Å². The molecule has 0 radical (unpaired) electrons. The molecule has 2 aromatic carbocycles. The molecule has 0 aliphatic heterocycles. The third kappa shape index (κ3) is 3.01. The van der Waals surface area contributed by atoms with E-state index in [4.69, 9.17) is 4.74 Å². The number of nitro benzene ring substituents is 2. The molecule has 1 N–H and O–H groups in total. The van der Waals surface area contributed by atoms with Crippen LogP contribution in [0.5, 0.6) is 0 Å². The zero-order valence-corrected chi connectivity index (χ0v) is 14.6. The van der Waals surface area contributed by atoms with Gasteiger partial charge in [0.05, 0.1) is 27.4 Å². The lowest BCUT2D eigenvalue weighted by Gasteiger charge is -2.08. The summed E-state index contributed by atoms with van der Waals surface area (Å²) in [5.41, 5.74) is 0.644. The minimum Gasteiger partial charge on any atom is -0.450 e. The number of rotatable bonds is 5. The van der Waals surface area contributed by atoms with E-state index in [9.17, 15) is 25.0 Å². The van der Waals surface area contributed by atoms with Gasteiger partial charge < -0.3 is 9.30 Å². The topological polar surface area (TPSA) is 130 Å². The molecule has 0 atom stereocenters. The van der Waals surface area contributed by atoms with E-state index in [1.54, 1.807) is 19.1 Å². The molecule has 0 saturated carbocycles. The number of carbonyl (C=O) groups excluding carboxylic acids is 1. The Kier molecular flexibility index (Phi) is 4.63. The first-order valence-electron chi connectivity index (χ1n) is 8.20. The van der Waals surface area contributed by atoms with Crippen molar-refractivity contribution in [3.8, 4) is 0 Å². The first kappa shape index (κ1) is 18.1. The summed E-state index contributed by atoms with van der Waals surface area (Å²) in [5, 5.41) is 25.9. The minimum absolute atomic E-state index is 0.0346. The Labute approximate surface area is 152 Å². The van der Waals surface area contributed by atoms with Gasteiger partial charge in [-0.15, -0.1) is 0 Å². The van der Waals surface area contributed by atoms with E-state index in [0.717, 1.165) is 0 Å². The van der Waals surface area contributed by atoms with Crippen LogP contribution in [0.1, 0.15) is 13.8 Å². The van der Waals surface area contributed by atoms with Crippen molar-refractivity contribution in [2.75, 3.05) is 11.9 Å². The Balaban J connectivity index is 2.39. The molecule has 3 aromatic rings. The number of nitrogens with one attached hydrogen (secondary N) is 1. The summed E-state index contributed by atoms with van der Waals surface area (Å²) in [7, 11) is 0. The highest BCUT2D eigenvalue weighted by Crippen LogP contribution is 2.41. The molecule has 140 valence electrons. The Morgan fingerprint density at radius 1 is 1.11 bits per heavy atom. The summed E-state index contributed by atoms with van der Waals surface area (Å²) < 4.78 is 6.62. The molecule has 0 aliphatic rings. The van der Waals surface area contributed by atoms with Gasteiger partial charge in [-0.2, -0.15) is 0 Å². The van der Waals surface area contributed by atoms with Crippen molar-refractivity contribution < 1.29 is 19.4 Å². The van der Waals surface area contributed by atoms with Crippen molar-refractivity contribution in [1.82, 2.24) is 4.57 Å². The molecule has 0 unspecified atom stereocenters. The lowest BCUT2D eigenvalue weighted by atomic mass is 10.1. The van der Waals surface area contributed by atoms with Gasteiger partial charge in [0.15, 0.2) is 0 Å². The quantitative estimate of drug-likeness (QED) is 0.528. The lowest BCUT2D eigenvalue weighted by Crippen LogP contribution is -2.14. The van der Waals surface area contributed by atoms with Crippen molar-refractivity contribution in [3.05, 3.63) is 50.6 Å². The maximum Gasteiger partial charge on any atom is 0.411 e. The van der Waals surface area contributed by atoms with E-state index in [0.29, 0.717) is 23.0 Å². The summed E-state index contributed by atoms with van der Waals surface area (Å²) in [6.45, 7) is 4.12. The van der Waals surface area contributed by atoms with Crippen LogP contribution < -0.4 is 5.32 Å². The number of benzene rings is 2. The van der Waals surface area contributed by atoms with Crippen molar-refractivity contribution in [2.45, 2.75) is 20.4 Å². The molecule has 27 heavy (non-hydrogen) atoms. The second-order valence-electron chi connectivity index (χ2n) is 5.66. The fraction of sp³-hybridized carbons (Fsp3) is 0.235. The molecule has 0 bridgehead atoms. The normalized spacial score (nSPS) is 10.9. The number of nitrogens with zero attached hydrogens (tertiary/aromatic N) is 3. The third-order valence-electron chi connectivity index (χ3n) is 4.21. The summed E-state index contributed by atoms with van der Waals surface area (Å²) >= 11 is 0. The third-order valence-corrected chi connectivity index (χ3v) is 4.21. The molecule has 3 rings (SSSR count). The molecule has 0 fully saturated rings. The summed E-state index contributed by atoms with van der Waals surface area (Å²) in [6.07, 6.45) is -0.815. The van der Waals surface area contributed by atoms with E-state index in [1.165, 1.54) is 18.2 Å². The molecule has 1 amide bonds. The second kappa shape index (κ2) is 6.90. The van der Waals surface area contributed by atoms with Crippen LogP contribution in [0.4, 0.5) is 21.9 Å². The van der Waals surface area contributed by atoms with Crippen molar-refractivity contribution in [3.63, 3.8) is 0 Å². The summed E-state index contributed by atoms with van der Waals surface area (Å²) in [5.74, 6) is 0. The van der Waals surface area contributed by atoms with Crippen LogP contribution in [0.15, 0.2) is 30.3 Å². The van der Waals surface area contributed by atoms with E-state index in [1.807, 2.05) is 11.5 Å². The number of fused-ring (bicyclic) bond motifs is 3. The Morgan fingerprint density at radius 3 is 2.41 bits per heavy atom. The fourth-order valence-corrected chi connectivity index (χ4v) is 3.18. The number of aryl methyl sites for hydroxylation is 1. The predicted molar refractivity (Wildman–Crippen MR) is 99.1 cm³/mol. The van der Waals surface area contributed by atoms with E-state index >= 15 is 0 Å². The molecular formula is C17H16N4O6. The molecular weight excluding hydrogens is 356 g/mol. The van der Waals surface area contributed by atoms with Crippen LogP contribution >= 0.6 is 0 Å². The van der Waals surface area contributed by atoms with Crippen LogP contribution in [-0.4, -0.2) is 27.1 Å². The first-order valence-corrected chi connectivity index (χ1v) is 8.20. The van der Waals surface area contributed by atoms with Gasteiger partial charge in [-0.3, -0.25) is 25.5 Å². The fourth-order valence-electron chi connectivity index (χ4n) is 3.18. The second-order valence-corrected chi connectivity index (χ2v) is 5.66. The lowest BCUT2D eigenvalue weighted by molar-refractivity contribution is -0.384. The average molecular weight is 372 g/mol. The van der Waals surface area contributed by atoms with Crippen LogP contribution in [0.2, 0.25) is 0 Å². The van der Waals surface area contributed by atoms with Crippen molar-refractivity contribution in [1.29, 1.82) is 0 Å². The Morgan fingerprint density at radius 2 is 1.81 bits per heavy atom. The molecule has 0 saturated heterocycles. The number of hydrogen-bond donors (Lipinski definition) is 1. The average Bonchev–Trinajstić information content (AvgIpc) is 2.94. The van der Waals surface area contributed by atoms with Gasteiger partial charge >= 0.3 is 11.8 Å². The molecule has 0 aliphatic carbocycles. The number of anilines is 1. The van der Waals surface area contributed by atoms with Gasteiger partial charge in [-0.25, -0.2) is 4.79 Å². The number of ether oxygens (including phenoxy) is 1. The Hall–Kier alpha value is -3.69. The SMILES string of the molecule is CCOC(=O)Nc1ccc2c(c1[N+](=O)[O-])c1cc([N+](=O)[O-])ccc1n2CC. The number of amides is 1. The van der Waals surface area contributed by atoms with Gasteiger partial charge in [0.2, 0.25) is 0 Å². The van der Waals surface area contributed by atoms with Crippen LogP contribution in [0.25, 0.3) is 21.8 Å². The number of nitro groups is 2. The summed E-state index contributed by atoms with van der Waals surface area (Å²) in [4.78, 5) is 33.5. The van der Waals surface area contributed by atoms with Crippen LogP contribution in [0, 0.1) is 20.2 Å². The van der Waals surface area contributed by atoms with Crippen molar-refractivity contribution >= 4 is 45.0 Å². The van der Waals surface area contributed by atoms with E-state index in [2.05, 4.69) is 5.32 Å². The highest BCUT2D eigenvalue weighted by atomic mass is 16.6. The number of non-ortho nitro benzene ring substituents is 1. The van der Waals surface area contributed by atoms with Gasteiger partial charge in [-0.1, -0.05) is 0 Å². The molecule has 10 heteroatoms. The first-order chi connectivity index (χ1) is 12.9. The maximum absolute atomic E-state index is 11.8. The number of aromatic nitrogens is 1. The summed E-state index contributed by atoms with van der Waals surface area (Å²) in [6, 6.07) is 7.30. The monoisotopic (exact) mass is 372 g/mol. The zero-order valence-electron chi connectivity index (χ0n) is 14.6. The van der Waals surface area contributed by atoms with Crippen molar-refractivity contribution in [2.24, 2.45) is 0 Å². The molecule has 1 aromatic heterocycles. The highest BCUT2D eigenvalue weighted by molar-refractivity contribution is 6.16. The smallest absolute Gasteiger partial charge is 0.411 e. The van der Waals surface area contributed by atoms with Crippen LogP contribution in [-0.2, 0) is 11.3 Å². The van der Waals surface area contributed by atoms with E-state index in [-0.39, 0.29) is 29.1 Å². The largest absolute Gasteiger partial charge is 0.450 e. The minimum atomic E-state index is -0.815. The van der Waals surface area contributed by atoms with Gasteiger partial charge in [-0.05, 0) is 32.0 Å². The molecule has 0 spiro atoms. The Bertz CT molecular complexity index is 1090.